The minimum atomic E-state index is -4.50. The highest BCUT2D eigenvalue weighted by molar-refractivity contribution is 5.74. The third-order valence-electron chi connectivity index (χ3n) is 4.32. The number of rotatable bonds is 3. The van der Waals surface area contributed by atoms with Crippen molar-refractivity contribution in [2.45, 2.75) is 12.3 Å². The SMILES string of the molecule is O=Cc1ccc(-c2cc(C(F)(F)F)ccc2C2C=Cc3ccccc3O2)o1. The summed E-state index contributed by atoms with van der Waals surface area (Å²) in [7, 11) is 0. The van der Waals surface area contributed by atoms with E-state index in [0.717, 1.165) is 17.7 Å². The van der Waals surface area contributed by atoms with E-state index >= 15 is 0 Å². The van der Waals surface area contributed by atoms with Crippen LogP contribution in [0.1, 0.15) is 33.3 Å². The van der Waals surface area contributed by atoms with Crippen LogP contribution in [0.15, 0.2) is 65.1 Å². The van der Waals surface area contributed by atoms with Crippen LogP contribution in [0, 0.1) is 0 Å². The molecule has 0 bridgehead atoms. The first kappa shape index (κ1) is 17.1. The lowest BCUT2D eigenvalue weighted by molar-refractivity contribution is -0.137. The summed E-state index contributed by atoms with van der Waals surface area (Å²) in [6, 6.07) is 13.7. The van der Waals surface area contributed by atoms with Crippen molar-refractivity contribution in [2.75, 3.05) is 0 Å². The molecule has 0 radical (unpaired) electrons. The van der Waals surface area contributed by atoms with Crippen molar-refractivity contribution in [3.8, 4) is 17.1 Å². The molecule has 0 amide bonds. The quantitative estimate of drug-likeness (QED) is 0.537. The number of fused-ring (bicyclic) bond motifs is 1. The number of ether oxygens (including phenoxy) is 1. The second-order valence-corrected chi connectivity index (χ2v) is 6.06. The normalized spacial score (nSPS) is 15.9. The molecule has 136 valence electrons. The van der Waals surface area contributed by atoms with Crippen molar-refractivity contribution >= 4 is 12.4 Å². The predicted octanol–water partition coefficient (Wildman–Crippen LogP) is 5.92. The first-order valence-electron chi connectivity index (χ1n) is 8.16. The zero-order chi connectivity index (χ0) is 19.0. The molecule has 4 rings (SSSR count). The second kappa shape index (κ2) is 6.46. The molecule has 0 N–H and O–H groups in total. The molecule has 0 spiro atoms. The van der Waals surface area contributed by atoms with Crippen LogP contribution >= 0.6 is 0 Å². The van der Waals surface area contributed by atoms with Gasteiger partial charge in [0.1, 0.15) is 17.6 Å². The standard InChI is InChI=1S/C21H13F3O3/c22-21(23,24)14-6-8-16(17(11-14)20-10-7-15(12-25)26-20)19-9-5-13-3-1-2-4-18(13)27-19/h1-12,19H. The van der Waals surface area contributed by atoms with Crippen LogP contribution < -0.4 is 4.74 Å². The van der Waals surface area contributed by atoms with Gasteiger partial charge in [0.2, 0.25) is 0 Å². The smallest absolute Gasteiger partial charge is 0.416 e. The molecule has 2 aromatic carbocycles. The fourth-order valence-corrected chi connectivity index (χ4v) is 3.01. The molecule has 0 fully saturated rings. The molecule has 27 heavy (non-hydrogen) atoms. The number of carbonyl (C=O) groups is 1. The fraction of sp³-hybridized carbons (Fsp3) is 0.0952. The summed E-state index contributed by atoms with van der Waals surface area (Å²) in [4.78, 5) is 10.9. The van der Waals surface area contributed by atoms with Gasteiger partial charge in [-0.2, -0.15) is 13.2 Å². The highest BCUT2D eigenvalue weighted by atomic mass is 19.4. The van der Waals surface area contributed by atoms with Crippen molar-refractivity contribution in [3.63, 3.8) is 0 Å². The Kier molecular flexibility index (Phi) is 4.11. The van der Waals surface area contributed by atoms with Crippen molar-refractivity contribution in [2.24, 2.45) is 0 Å². The first-order chi connectivity index (χ1) is 13.0. The number of alkyl halides is 3. The van der Waals surface area contributed by atoms with Gasteiger partial charge in [0.15, 0.2) is 12.0 Å². The van der Waals surface area contributed by atoms with Gasteiger partial charge in [-0.1, -0.05) is 30.3 Å². The molecular weight excluding hydrogens is 357 g/mol. The van der Waals surface area contributed by atoms with Gasteiger partial charge in [-0.15, -0.1) is 0 Å². The lowest BCUT2D eigenvalue weighted by atomic mass is 9.95. The number of aldehydes is 1. The number of hydrogen-bond acceptors (Lipinski definition) is 3. The summed E-state index contributed by atoms with van der Waals surface area (Å²) in [5.41, 5.74) is 0.835. The van der Waals surface area contributed by atoms with E-state index in [1.807, 2.05) is 24.3 Å². The summed E-state index contributed by atoms with van der Waals surface area (Å²) in [6.07, 6.45) is -0.933. The number of benzene rings is 2. The van der Waals surface area contributed by atoms with Crippen molar-refractivity contribution in [1.82, 2.24) is 0 Å². The minimum absolute atomic E-state index is 0.0406. The molecule has 0 saturated heterocycles. The van der Waals surface area contributed by atoms with Crippen LogP contribution in [0.25, 0.3) is 17.4 Å². The highest BCUT2D eigenvalue weighted by Gasteiger charge is 2.32. The Morgan fingerprint density at radius 3 is 2.56 bits per heavy atom. The maximum absolute atomic E-state index is 13.2. The Morgan fingerprint density at radius 2 is 1.81 bits per heavy atom. The average molecular weight is 370 g/mol. The van der Waals surface area contributed by atoms with E-state index in [2.05, 4.69) is 0 Å². The van der Waals surface area contributed by atoms with E-state index < -0.39 is 17.8 Å². The maximum Gasteiger partial charge on any atom is 0.416 e. The van der Waals surface area contributed by atoms with E-state index in [1.165, 1.54) is 18.2 Å². The maximum atomic E-state index is 13.2. The summed E-state index contributed by atoms with van der Waals surface area (Å²) < 4.78 is 50.9. The number of halogens is 3. The van der Waals surface area contributed by atoms with Crippen molar-refractivity contribution < 1.29 is 27.1 Å². The van der Waals surface area contributed by atoms with E-state index in [-0.39, 0.29) is 17.1 Å². The van der Waals surface area contributed by atoms with E-state index in [4.69, 9.17) is 9.15 Å². The molecular formula is C21H13F3O3. The second-order valence-electron chi connectivity index (χ2n) is 6.06. The van der Waals surface area contributed by atoms with Crippen LogP contribution in [-0.2, 0) is 6.18 Å². The topological polar surface area (TPSA) is 39.4 Å². The van der Waals surface area contributed by atoms with Crippen molar-refractivity contribution in [1.29, 1.82) is 0 Å². The van der Waals surface area contributed by atoms with Gasteiger partial charge < -0.3 is 9.15 Å². The molecule has 6 heteroatoms. The molecule has 3 nitrogen and oxygen atoms in total. The lowest BCUT2D eigenvalue weighted by Gasteiger charge is -2.24. The van der Waals surface area contributed by atoms with E-state index in [9.17, 15) is 18.0 Å². The van der Waals surface area contributed by atoms with Crippen molar-refractivity contribution in [3.05, 3.63) is 83.1 Å². The molecule has 2 heterocycles. The number of carbonyl (C=O) groups excluding carboxylic acids is 1. The number of furan rings is 1. The number of para-hydroxylation sites is 1. The molecule has 0 saturated carbocycles. The Morgan fingerprint density at radius 1 is 1.00 bits per heavy atom. The molecule has 0 aliphatic carbocycles. The predicted molar refractivity (Wildman–Crippen MR) is 93.4 cm³/mol. The lowest BCUT2D eigenvalue weighted by Crippen LogP contribution is -2.12. The minimum Gasteiger partial charge on any atom is -0.481 e. The van der Waals surface area contributed by atoms with Crippen LogP contribution in [-0.4, -0.2) is 6.29 Å². The zero-order valence-corrected chi connectivity index (χ0v) is 13.9. The van der Waals surface area contributed by atoms with E-state index in [1.54, 1.807) is 12.1 Å². The molecule has 1 aliphatic rings. The third kappa shape index (κ3) is 3.26. The van der Waals surface area contributed by atoms with Crippen LogP contribution in [0.4, 0.5) is 13.2 Å². The third-order valence-corrected chi connectivity index (χ3v) is 4.32. The Bertz CT molecular complexity index is 1030. The molecule has 3 aromatic rings. The van der Waals surface area contributed by atoms with Gasteiger partial charge in [-0.3, -0.25) is 4.79 Å². The summed E-state index contributed by atoms with van der Waals surface area (Å²) in [5.74, 6) is 0.858. The molecule has 1 unspecified atom stereocenters. The van der Waals surface area contributed by atoms with Gasteiger partial charge in [0.25, 0.3) is 0 Å². The van der Waals surface area contributed by atoms with Gasteiger partial charge in [0.05, 0.1) is 5.56 Å². The fourth-order valence-electron chi connectivity index (χ4n) is 3.01. The van der Waals surface area contributed by atoms with Crippen LogP contribution in [0.2, 0.25) is 0 Å². The van der Waals surface area contributed by atoms with Gasteiger partial charge in [-0.25, -0.2) is 0 Å². The first-order valence-corrected chi connectivity index (χ1v) is 8.16. The summed E-state index contributed by atoms with van der Waals surface area (Å²) >= 11 is 0. The number of hydrogen-bond donors (Lipinski definition) is 0. The Labute approximate surface area is 152 Å². The highest BCUT2D eigenvalue weighted by Crippen LogP contribution is 2.40. The molecule has 1 atom stereocenters. The van der Waals surface area contributed by atoms with Gasteiger partial charge >= 0.3 is 6.18 Å². The van der Waals surface area contributed by atoms with E-state index in [0.29, 0.717) is 17.6 Å². The largest absolute Gasteiger partial charge is 0.481 e. The van der Waals surface area contributed by atoms with Crippen LogP contribution in [0.5, 0.6) is 5.75 Å². The zero-order valence-electron chi connectivity index (χ0n) is 13.9. The molecule has 1 aromatic heterocycles. The van der Waals surface area contributed by atoms with Gasteiger partial charge in [0, 0.05) is 16.7 Å². The van der Waals surface area contributed by atoms with Crippen LogP contribution in [0.3, 0.4) is 0 Å². The Balaban J connectivity index is 1.82. The summed E-state index contributed by atoms with van der Waals surface area (Å²) in [5, 5.41) is 0. The molecule has 1 aliphatic heterocycles. The monoisotopic (exact) mass is 370 g/mol. The average Bonchev–Trinajstić information content (AvgIpc) is 3.15. The summed E-state index contributed by atoms with van der Waals surface area (Å²) in [6.45, 7) is 0. The van der Waals surface area contributed by atoms with Gasteiger partial charge in [-0.05, 0) is 36.4 Å². The Hall–Kier alpha value is -3.28.